The molecule has 6 nitrogen and oxygen atoms in total. The van der Waals surface area contributed by atoms with Crippen molar-refractivity contribution in [2.24, 2.45) is 0 Å². The summed E-state index contributed by atoms with van der Waals surface area (Å²) in [5.41, 5.74) is 4.20. The summed E-state index contributed by atoms with van der Waals surface area (Å²) in [6.45, 7) is 8.41. The fourth-order valence-electron chi connectivity index (χ4n) is 4.56. The van der Waals surface area contributed by atoms with Crippen molar-refractivity contribution in [3.63, 3.8) is 0 Å². The van der Waals surface area contributed by atoms with E-state index >= 15 is 0 Å². The summed E-state index contributed by atoms with van der Waals surface area (Å²) in [5, 5.41) is 3.42. The van der Waals surface area contributed by atoms with Crippen LogP contribution in [0.4, 0.5) is 11.5 Å². The van der Waals surface area contributed by atoms with Crippen molar-refractivity contribution in [3.8, 4) is 0 Å². The predicted molar refractivity (Wildman–Crippen MR) is 120 cm³/mol. The van der Waals surface area contributed by atoms with E-state index in [1.165, 1.54) is 6.42 Å². The molecule has 0 bridgehead atoms. The topological polar surface area (TPSA) is 61.4 Å². The average Bonchev–Trinajstić information content (AvgIpc) is 2.74. The van der Waals surface area contributed by atoms with Gasteiger partial charge in [0.05, 0.1) is 6.54 Å². The third kappa shape index (κ3) is 5.36. The summed E-state index contributed by atoms with van der Waals surface area (Å²) in [6, 6.07) is 10.2. The highest BCUT2D eigenvalue weighted by Crippen LogP contribution is 2.29. The Labute approximate surface area is 179 Å². The molecule has 1 amide bonds. The fraction of sp³-hybridized carbons (Fsp3) is 0.542. The normalized spacial score (nSPS) is 18.4. The van der Waals surface area contributed by atoms with Crippen LogP contribution in [0.25, 0.3) is 0 Å². The molecule has 4 rings (SSSR count). The zero-order chi connectivity index (χ0) is 20.9. The summed E-state index contributed by atoms with van der Waals surface area (Å²) in [5.74, 6) is 1.61. The number of carbonyl (C=O) groups excluding carboxylic acids is 1. The SMILES string of the molecule is Cc1cccc(Nc2cc(C)nc(C3CCN(CC(=O)N4CCCCC4)CC3)c2)n1. The van der Waals surface area contributed by atoms with E-state index in [1.807, 2.05) is 32.0 Å². The van der Waals surface area contributed by atoms with Gasteiger partial charge in [0.2, 0.25) is 5.91 Å². The summed E-state index contributed by atoms with van der Waals surface area (Å²) in [6.07, 6.45) is 5.66. The van der Waals surface area contributed by atoms with E-state index in [-0.39, 0.29) is 0 Å². The van der Waals surface area contributed by atoms with E-state index in [0.717, 1.165) is 80.4 Å². The molecule has 0 spiro atoms. The van der Waals surface area contributed by atoms with Gasteiger partial charge in [-0.05, 0) is 83.3 Å². The van der Waals surface area contributed by atoms with E-state index in [2.05, 4.69) is 32.2 Å². The molecule has 2 aromatic heterocycles. The number of anilines is 2. The Balaban J connectivity index is 1.35. The third-order valence-corrected chi connectivity index (χ3v) is 6.21. The van der Waals surface area contributed by atoms with Crippen molar-refractivity contribution in [3.05, 3.63) is 47.4 Å². The second-order valence-electron chi connectivity index (χ2n) is 8.70. The Hall–Kier alpha value is -2.47. The highest BCUT2D eigenvalue weighted by molar-refractivity contribution is 5.78. The van der Waals surface area contributed by atoms with Gasteiger partial charge in [-0.25, -0.2) is 4.98 Å². The second kappa shape index (κ2) is 9.56. The first-order valence-electron chi connectivity index (χ1n) is 11.3. The number of hydrogen-bond acceptors (Lipinski definition) is 5. The maximum atomic E-state index is 12.6. The number of amides is 1. The number of pyridine rings is 2. The van der Waals surface area contributed by atoms with Gasteiger partial charge >= 0.3 is 0 Å². The van der Waals surface area contributed by atoms with Crippen LogP contribution in [0, 0.1) is 13.8 Å². The Bertz CT molecular complexity index is 870. The molecule has 0 unspecified atom stereocenters. The smallest absolute Gasteiger partial charge is 0.236 e. The van der Waals surface area contributed by atoms with Crippen LogP contribution in [0.15, 0.2) is 30.3 Å². The number of nitrogens with one attached hydrogen (secondary N) is 1. The monoisotopic (exact) mass is 407 g/mol. The number of hydrogen-bond donors (Lipinski definition) is 1. The van der Waals surface area contributed by atoms with E-state index in [1.54, 1.807) is 0 Å². The molecule has 2 aromatic rings. The molecule has 6 heteroatoms. The number of nitrogens with zero attached hydrogens (tertiary/aromatic N) is 4. The molecule has 0 aliphatic carbocycles. The Morgan fingerprint density at radius 1 is 1.00 bits per heavy atom. The zero-order valence-electron chi connectivity index (χ0n) is 18.2. The molecule has 0 radical (unpaired) electrons. The zero-order valence-corrected chi connectivity index (χ0v) is 18.2. The van der Waals surface area contributed by atoms with Gasteiger partial charge in [-0.1, -0.05) is 6.07 Å². The number of aryl methyl sites for hydroxylation is 2. The van der Waals surface area contributed by atoms with Gasteiger partial charge < -0.3 is 10.2 Å². The van der Waals surface area contributed by atoms with Crippen molar-refractivity contribution >= 4 is 17.4 Å². The number of likely N-dealkylation sites (tertiary alicyclic amines) is 2. The lowest BCUT2D eigenvalue weighted by Gasteiger charge is -2.34. The minimum atomic E-state index is 0.305. The van der Waals surface area contributed by atoms with Crippen LogP contribution in [-0.2, 0) is 4.79 Å². The number of aromatic nitrogens is 2. The van der Waals surface area contributed by atoms with Gasteiger partial charge in [-0.2, -0.15) is 0 Å². The van der Waals surface area contributed by atoms with Gasteiger partial charge in [0, 0.05) is 41.8 Å². The maximum Gasteiger partial charge on any atom is 0.236 e. The first-order valence-corrected chi connectivity index (χ1v) is 11.3. The molecule has 0 aromatic carbocycles. The van der Waals surface area contributed by atoms with Crippen molar-refractivity contribution in [1.29, 1.82) is 0 Å². The Morgan fingerprint density at radius 3 is 2.50 bits per heavy atom. The first kappa shape index (κ1) is 20.8. The standard InChI is InChI=1S/C24H33N5O/c1-18-7-6-8-23(26-18)27-21-15-19(2)25-22(16-21)20-9-13-28(14-10-20)17-24(30)29-11-4-3-5-12-29/h6-8,15-16,20H,3-5,9-14,17H2,1-2H3,(H,25,26,27). The van der Waals surface area contributed by atoms with Crippen LogP contribution < -0.4 is 5.32 Å². The first-order chi connectivity index (χ1) is 14.6. The largest absolute Gasteiger partial charge is 0.342 e. The molecule has 0 atom stereocenters. The van der Waals surface area contributed by atoms with Crippen LogP contribution in [0.1, 0.15) is 55.1 Å². The van der Waals surface area contributed by atoms with E-state index in [9.17, 15) is 4.79 Å². The minimum absolute atomic E-state index is 0.305. The highest BCUT2D eigenvalue weighted by Gasteiger charge is 2.25. The minimum Gasteiger partial charge on any atom is -0.342 e. The number of piperidine rings is 2. The van der Waals surface area contributed by atoms with E-state index < -0.39 is 0 Å². The van der Waals surface area contributed by atoms with Crippen molar-refractivity contribution in [2.45, 2.75) is 51.9 Å². The number of rotatable bonds is 5. The van der Waals surface area contributed by atoms with Gasteiger partial charge in [0.1, 0.15) is 5.82 Å². The van der Waals surface area contributed by atoms with Gasteiger partial charge in [0.15, 0.2) is 0 Å². The molecule has 2 saturated heterocycles. The molecule has 30 heavy (non-hydrogen) atoms. The van der Waals surface area contributed by atoms with Crippen LogP contribution in [-0.4, -0.2) is 58.4 Å². The van der Waals surface area contributed by atoms with Gasteiger partial charge in [0.25, 0.3) is 0 Å². The quantitative estimate of drug-likeness (QED) is 0.811. The molecule has 0 saturated carbocycles. The molecular formula is C24H33N5O. The summed E-state index contributed by atoms with van der Waals surface area (Å²) in [7, 11) is 0. The molecule has 4 heterocycles. The summed E-state index contributed by atoms with van der Waals surface area (Å²) >= 11 is 0. The molecule has 2 fully saturated rings. The molecule has 160 valence electrons. The van der Waals surface area contributed by atoms with Crippen LogP contribution in [0.5, 0.6) is 0 Å². The molecule has 1 N–H and O–H groups in total. The second-order valence-corrected chi connectivity index (χ2v) is 8.70. The fourth-order valence-corrected chi connectivity index (χ4v) is 4.56. The Morgan fingerprint density at radius 2 is 1.77 bits per heavy atom. The number of carbonyl (C=O) groups is 1. The lowest BCUT2D eigenvalue weighted by Crippen LogP contribution is -2.44. The molecular weight excluding hydrogens is 374 g/mol. The lowest BCUT2D eigenvalue weighted by molar-refractivity contribution is -0.133. The van der Waals surface area contributed by atoms with Crippen LogP contribution in [0.3, 0.4) is 0 Å². The van der Waals surface area contributed by atoms with Gasteiger partial charge in [-0.15, -0.1) is 0 Å². The highest BCUT2D eigenvalue weighted by atomic mass is 16.2. The van der Waals surface area contributed by atoms with E-state index in [4.69, 9.17) is 4.98 Å². The maximum absolute atomic E-state index is 12.6. The average molecular weight is 408 g/mol. The van der Waals surface area contributed by atoms with Crippen molar-refractivity contribution in [1.82, 2.24) is 19.8 Å². The predicted octanol–water partition coefficient (Wildman–Crippen LogP) is 4.03. The van der Waals surface area contributed by atoms with Crippen LogP contribution in [0.2, 0.25) is 0 Å². The Kier molecular flexibility index (Phi) is 6.62. The lowest BCUT2D eigenvalue weighted by atomic mass is 9.92. The van der Waals surface area contributed by atoms with Crippen molar-refractivity contribution < 1.29 is 4.79 Å². The van der Waals surface area contributed by atoms with Gasteiger partial charge in [-0.3, -0.25) is 14.7 Å². The molecule has 2 aliphatic rings. The third-order valence-electron chi connectivity index (χ3n) is 6.21. The van der Waals surface area contributed by atoms with Crippen molar-refractivity contribution in [2.75, 3.05) is 38.0 Å². The summed E-state index contributed by atoms with van der Waals surface area (Å²) in [4.78, 5) is 26.3. The van der Waals surface area contributed by atoms with Crippen LogP contribution >= 0.6 is 0 Å². The van der Waals surface area contributed by atoms with E-state index in [0.29, 0.717) is 18.4 Å². The molecule has 2 aliphatic heterocycles. The summed E-state index contributed by atoms with van der Waals surface area (Å²) < 4.78 is 0.